The Hall–Kier alpha value is -0.740. The number of hydrogen-bond donors (Lipinski definition) is 0. The van der Waals surface area contributed by atoms with Crippen molar-refractivity contribution in [2.45, 2.75) is 4.90 Å². The lowest BCUT2D eigenvalue weighted by Gasteiger charge is -2.17. The first kappa shape index (κ1) is 11.3. The highest BCUT2D eigenvalue weighted by Crippen LogP contribution is 2.31. The molecular weight excluding hydrogens is 222 g/mol. The number of sulfone groups is 1. The fraction of sp³-hybridized carbons (Fsp3) is 0.333. The topological polar surface area (TPSA) is 37.4 Å². The van der Waals surface area contributed by atoms with Gasteiger partial charge in [-0.15, -0.1) is 0 Å². The average molecular weight is 234 g/mol. The lowest BCUT2D eigenvalue weighted by Crippen LogP contribution is -2.14. The summed E-state index contributed by atoms with van der Waals surface area (Å²) in [6.45, 7) is 0. The van der Waals surface area contributed by atoms with Gasteiger partial charge in [-0.1, -0.05) is 17.7 Å². The Morgan fingerprint density at radius 1 is 1.29 bits per heavy atom. The number of hydrogen-bond acceptors (Lipinski definition) is 3. The van der Waals surface area contributed by atoms with Crippen LogP contribution in [0.1, 0.15) is 0 Å². The molecule has 5 heteroatoms. The molecule has 0 heterocycles. The van der Waals surface area contributed by atoms with Gasteiger partial charge in [0.2, 0.25) is 0 Å². The molecule has 0 bridgehead atoms. The van der Waals surface area contributed by atoms with Crippen LogP contribution in [0.5, 0.6) is 0 Å². The predicted octanol–water partition coefficient (Wildman–Crippen LogP) is 1.81. The molecule has 0 spiro atoms. The van der Waals surface area contributed by atoms with Gasteiger partial charge >= 0.3 is 0 Å². The molecule has 0 aliphatic rings. The maximum atomic E-state index is 11.4. The molecule has 1 aromatic carbocycles. The molecule has 1 aromatic rings. The van der Waals surface area contributed by atoms with Crippen molar-refractivity contribution in [1.82, 2.24) is 0 Å². The molecule has 3 nitrogen and oxygen atoms in total. The third-order valence-electron chi connectivity index (χ3n) is 1.80. The molecule has 1 rings (SSSR count). The second-order valence-electron chi connectivity index (χ2n) is 3.25. The van der Waals surface area contributed by atoms with E-state index >= 15 is 0 Å². The molecule has 0 aliphatic carbocycles. The summed E-state index contributed by atoms with van der Waals surface area (Å²) in [4.78, 5) is 1.95. The van der Waals surface area contributed by atoms with Gasteiger partial charge in [0, 0.05) is 20.4 Å². The van der Waals surface area contributed by atoms with Crippen LogP contribution >= 0.6 is 11.6 Å². The van der Waals surface area contributed by atoms with E-state index in [9.17, 15) is 8.42 Å². The van der Waals surface area contributed by atoms with Crippen molar-refractivity contribution in [2.75, 3.05) is 25.3 Å². The van der Waals surface area contributed by atoms with E-state index in [-0.39, 0.29) is 4.90 Å². The minimum absolute atomic E-state index is 0.259. The first-order valence-electron chi connectivity index (χ1n) is 4.00. The zero-order chi connectivity index (χ0) is 10.9. The van der Waals surface area contributed by atoms with Crippen molar-refractivity contribution in [2.24, 2.45) is 0 Å². The van der Waals surface area contributed by atoms with E-state index in [4.69, 9.17) is 11.6 Å². The summed E-state index contributed by atoms with van der Waals surface area (Å²) in [5.74, 6) is 0. The smallest absolute Gasteiger partial charge is 0.177 e. The largest absolute Gasteiger partial charge is 0.375 e. The highest BCUT2D eigenvalue weighted by Gasteiger charge is 2.16. The standard InChI is InChI=1S/C9H12ClNO2S/c1-11(2)9-7(10)5-4-6-8(9)14(3,12)13/h4-6H,1-3H3. The van der Waals surface area contributed by atoms with Crippen LogP contribution in [0.4, 0.5) is 5.69 Å². The second-order valence-corrected chi connectivity index (χ2v) is 5.64. The summed E-state index contributed by atoms with van der Waals surface area (Å²) < 4.78 is 22.9. The molecule has 0 amide bonds. The van der Waals surface area contributed by atoms with Gasteiger partial charge < -0.3 is 4.90 Å². The van der Waals surface area contributed by atoms with Gasteiger partial charge in [0.15, 0.2) is 9.84 Å². The first-order valence-corrected chi connectivity index (χ1v) is 6.27. The van der Waals surface area contributed by atoms with Gasteiger partial charge in [-0.25, -0.2) is 8.42 Å². The van der Waals surface area contributed by atoms with Gasteiger partial charge in [-0.05, 0) is 12.1 Å². The number of benzene rings is 1. The van der Waals surface area contributed by atoms with Crippen molar-refractivity contribution in [3.05, 3.63) is 23.2 Å². The summed E-state index contributed by atoms with van der Waals surface area (Å²) in [7, 11) is 0.293. The van der Waals surface area contributed by atoms with Crippen LogP contribution in [0.25, 0.3) is 0 Å². The monoisotopic (exact) mass is 233 g/mol. The number of nitrogens with zero attached hydrogens (tertiary/aromatic N) is 1. The van der Waals surface area contributed by atoms with Crippen LogP contribution in [0, 0.1) is 0 Å². The van der Waals surface area contributed by atoms with E-state index in [1.807, 2.05) is 0 Å². The highest BCUT2D eigenvalue weighted by atomic mass is 35.5. The Kier molecular flexibility index (Phi) is 3.07. The normalized spacial score (nSPS) is 11.4. The number of para-hydroxylation sites is 1. The Morgan fingerprint density at radius 2 is 1.86 bits per heavy atom. The molecule has 14 heavy (non-hydrogen) atoms. The van der Waals surface area contributed by atoms with E-state index in [1.165, 1.54) is 6.26 Å². The van der Waals surface area contributed by atoms with Gasteiger partial charge in [-0.2, -0.15) is 0 Å². The van der Waals surface area contributed by atoms with E-state index in [0.717, 1.165) is 0 Å². The van der Waals surface area contributed by atoms with Crippen LogP contribution in [-0.4, -0.2) is 28.8 Å². The summed E-state index contributed by atoms with van der Waals surface area (Å²) in [6.07, 6.45) is 1.17. The van der Waals surface area contributed by atoms with Crippen molar-refractivity contribution >= 4 is 27.1 Å². The van der Waals surface area contributed by atoms with E-state index in [2.05, 4.69) is 0 Å². The van der Waals surface area contributed by atoms with E-state index in [0.29, 0.717) is 10.7 Å². The Labute approximate surface area is 89.2 Å². The molecule has 0 saturated carbocycles. The van der Waals surface area contributed by atoms with Crippen molar-refractivity contribution in [3.63, 3.8) is 0 Å². The molecule has 0 aliphatic heterocycles. The Bertz CT molecular complexity index is 440. The summed E-state index contributed by atoms with van der Waals surface area (Å²) in [6, 6.07) is 4.85. The summed E-state index contributed by atoms with van der Waals surface area (Å²) in [5.41, 5.74) is 0.539. The number of halogens is 1. The SMILES string of the molecule is CN(C)c1c(Cl)cccc1S(C)(=O)=O. The quantitative estimate of drug-likeness (QED) is 0.782. The van der Waals surface area contributed by atoms with Gasteiger partial charge in [-0.3, -0.25) is 0 Å². The zero-order valence-corrected chi connectivity index (χ0v) is 9.85. The van der Waals surface area contributed by atoms with E-state index < -0.39 is 9.84 Å². The maximum absolute atomic E-state index is 11.4. The molecule has 78 valence electrons. The van der Waals surface area contributed by atoms with Crippen molar-refractivity contribution < 1.29 is 8.42 Å². The molecule has 0 fully saturated rings. The third-order valence-corrected chi connectivity index (χ3v) is 3.23. The van der Waals surface area contributed by atoms with Crippen molar-refractivity contribution in [3.8, 4) is 0 Å². The third kappa shape index (κ3) is 2.19. The molecular formula is C9H12ClNO2S. The minimum Gasteiger partial charge on any atom is -0.375 e. The minimum atomic E-state index is -3.23. The van der Waals surface area contributed by atoms with Crippen LogP contribution in [0.15, 0.2) is 23.1 Å². The Morgan fingerprint density at radius 3 is 2.21 bits per heavy atom. The van der Waals surface area contributed by atoms with Crippen LogP contribution < -0.4 is 4.90 Å². The Balaban J connectivity index is 3.52. The fourth-order valence-corrected chi connectivity index (χ4v) is 2.60. The van der Waals surface area contributed by atoms with Crippen molar-refractivity contribution in [1.29, 1.82) is 0 Å². The zero-order valence-electron chi connectivity index (χ0n) is 8.28. The first-order chi connectivity index (χ1) is 6.34. The van der Waals surface area contributed by atoms with Gasteiger partial charge in [0.25, 0.3) is 0 Å². The van der Waals surface area contributed by atoms with Gasteiger partial charge in [0.05, 0.1) is 15.6 Å². The lowest BCUT2D eigenvalue weighted by molar-refractivity contribution is 0.602. The number of rotatable bonds is 2. The molecule has 0 atom stereocenters. The molecule has 0 saturated heterocycles. The highest BCUT2D eigenvalue weighted by molar-refractivity contribution is 7.90. The summed E-state index contributed by atoms with van der Waals surface area (Å²) in [5, 5.41) is 0.443. The molecule has 0 radical (unpaired) electrons. The van der Waals surface area contributed by atoms with E-state index in [1.54, 1.807) is 37.2 Å². The lowest BCUT2D eigenvalue weighted by atomic mass is 10.3. The van der Waals surface area contributed by atoms with Crippen LogP contribution in [-0.2, 0) is 9.84 Å². The van der Waals surface area contributed by atoms with Gasteiger partial charge in [0.1, 0.15) is 0 Å². The number of anilines is 1. The fourth-order valence-electron chi connectivity index (χ4n) is 1.23. The maximum Gasteiger partial charge on any atom is 0.177 e. The summed E-state index contributed by atoms with van der Waals surface area (Å²) >= 11 is 5.92. The molecule has 0 aromatic heterocycles. The molecule has 0 N–H and O–H groups in total. The average Bonchev–Trinajstić information content (AvgIpc) is 2.01. The second kappa shape index (κ2) is 3.79. The van der Waals surface area contributed by atoms with Crippen LogP contribution in [0.3, 0.4) is 0 Å². The molecule has 0 unspecified atom stereocenters. The predicted molar refractivity (Wildman–Crippen MR) is 58.9 cm³/mol. The van der Waals surface area contributed by atoms with Crippen LogP contribution in [0.2, 0.25) is 5.02 Å².